The van der Waals surface area contributed by atoms with Crippen molar-refractivity contribution >= 4 is 45.2 Å². The summed E-state index contributed by atoms with van der Waals surface area (Å²) in [5.41, 5.74) is 0. The van der Waals surface area contributed by atoms with Gasteiger partial charge in [-0.25, -0.2) is 4.79 Å². The minimum Gasteiger partial charge on any atom is -0.467 e. The van der Waals surface area contributed by atoms with Crippen LogP contribution in [-0.4, -0.2) is 123 Å². The van der Waals surface area contributed by atoms with Gasteiger partial charge >= 0.3 is 5.97 Å². The molecule has 0 aliphatic heterocycles. The number of hydrogen-bond acceptors (Lipinski definition) is 12. The minimum absolute atomic E-state index is 0.0315. The summed E-state index contributed by atoms with van der Waals surface area (Å²) in [5, 5.41) is 5.42. The molecule has 0 saturated carbocycles. The number of carbonyl (C=O) groups is 4. The van der Waals surface area contributed by atoms with Crippen molar-refractivity contribution in [1.82, 2.24) is 10.6 Å². The number of amides is 2. The standard InChI is InChI=1S/C12H23NO3S2.C7H15NO2.C4H8O3.2C4H10O/c1-3-8-17-18-9-6-11(14)5-4-7-13-12(15)10-16-2;1-3-4-5-8-7(9)6-10-2;1-6-3-4(5)7-2;2*1-4(2)5-3/h3-10H2,1-2H3,(H,13,15);3-6H2,1-2H3,(H,8,9);3H2,1-2H3;2*4H,1-3H3. The molecular formula is C31H66N2O10S2. The van der Waals surface area contributed by atoms with Crippen LogP contribution in [0.25, 0.3) is 0 Å². The van der Waals surface area contributed by atoms with E-state index in [1.165, 1.54) is 34.9 Å². The molecule has 0 bridgehead atoms. The number of nitrogens with one attached hydrogen (secondary N) is 2. The molecule has 0 unspecified atom stereocenters. The predicted octanol–water partition coefficient (Wildman–Crippen LogP) is 4.72. The third kappa shape index (κ3) is 66.1. The Hall–Kier alpha value is -1.42. The van der Waals surface area contributed by atoms with E-state index < -0.39 is 0 Å². The lowest BCUT2D eigenvalue weighted by atomic mass is 10.2. The van der Waals surface area contributed by atoms with Gasteiger partial charge in [-0.15, -0.1) is 0 Å². The molecule has 272 valence electrons. The van der Waals surface area contributed by atoms with Gasteiger partial charge in [0.2, 0.25) is 11.8 Å². The van der Waals surface area contributed by atoms with Gasteiger partial charge in [0, 0.05) is 73.0 Å². The highest BCUT2D eigenvalue weighted by Crippen LogP contribution is 2.22. The molecule has 2 amide bonds. The molecule has 0 aromatic heterocycles. The van der Waals surface area contributed by atoms with E-state index >= 15 is 0 Å². The average Bonchev–Trinajstić information content (AvgIpc) is 3.01. The third-order valence-electron chi connectivity index (χ3n) is 4.63. The van der Waals surface area contributed by atoms with Crippen molar-refractivity contribution in [1.29, 1.82) is 0 Å². The normalized spacial score (nSPS) is 9.64. The van der Waals surface area contributed by atoms with Gasteiger partial charge in [-0.1, -0.05) is 41.9 Å². The van der Waals surface area contributed by atoms with Gasteiger partial charge in [-0.05, 0) is 47.0 Å². The number of ketones is 1. The lowest BCUT2D eigenvalue weighted by Crippen LogP contribution is -2.28. The van der Waals surface area contributed by atoms with Crippen molar-refractivity contribution in [3.63, 3.8) is 0 Å². The number of esters is 1. The van der Waals surface area contributed by atoms with Crippen molar-refractivity contribution in [2.24, 2.45) is 0 Å². The Morgan fingerprint density at radius 2 is 1.02 bits per heavy atom. The second-order valence-electron chi connectivity index (χ2n) is 9.53. The van der Waals surface area contributed by atoms with E-state index in [0.717, 1.165) is 30.9 Å². The first-order valence-corrected chi connectivity index (χ1v) is 17.7. The smallest absolute Gasteiger partial charge is 0.331 e. The minimum atomic E-state index is -0.345. The van der Waals surface area contributed by atoms with Crippen LogP contribution in [0, 0.1) is 0 Å². The lowest BCUT2D eigenvalue weighted by Gasteiger charge is -2.04. The first-order valence-electron chi connectivity index (χ1n) is 15.3. The fourth-order valence-corrected chi connectivity index (χ4v) is 4.11. The number of ether oxygens (including phenoxy) is 6. The van der Waals surface area contributed by atoms with Crippen LogP contribution in [0.3, 0.4) is 0 Å². The number of hydrogen-bond donors (Lipinski definition) is 2. The Bertz CT molecular complexity index is 635. The van der Waals surface area contributed by atoms with E-state index in [1.54, 1.807) is 25.0 Å². The van der Waals surface area contributed by atoms with E-state index in [9.17, 15) is 19.2 Å². The summed E-state index contributed by atoms with van der Waals surface area (Å²) in [5.74, 6) is 1.81. The van der Waals surface area contributed by atoms with E-state index in [2.05, 4.69) is 43.4 Å². The zero-order chi connectivity index (χ0) is 35.7. The number of carbonyl (C=O) groups excluding carboxylic acids is 4. The molecule has 0 spiro atoms. The summed E-state index contributed by atoms with van der Waals surface area (Å²) < 4.78 is 27.5. The molecule has 14 heteroatoms. The maximum Gasteiger partial charge on any atom is 0.331 e. The number of unbranched alkanes of at least 4 members (excludes halogenated alkanes) is 1. The number of Topliss-reactive ketones (excluding diaryl/α,β-unsaturated/α-hetero) is 1. The molecule has 0 saturated heterocycles. The highest BCUT2D eigenvalue weighted by atomic mass is 33.1. The second-order valence-corrected chi connectivity index (χ2v) is 12.2. The fourth-order valence-electron chi connectivity index (χ4n) is 1.94. The summed E-state index contributed by atoms with van der Waals surface area (Å²) in [4.78, 5) is 43.3. The summed E-state index contributed by atoms with van der Waals surface area (Å²) in [6.45, 7) is 13.8. The van der Waals surface area contributed by atoms with E-state index in [-0.39, 0.29) is 43.4 Å². The van der Waals surface area contributed by atoms with Crippen LogP contribution < -0.4 is 10.6 Å². The third-order valence-corrected chi connectivity index (χ3v) is 7.24. The Kier molecular flexibility index (Phi) is 55.4. The van der Waals surface area contributed by atoms with Crippen LogP contribution in [0.1, 0.15) is 80.1 Å². The largest absolute Gasteiger partial charge is 0.467 e. The molecule has 0 aromatic rings. The molecule has 0 atom stereocenters. The SMILES string of the molecule is CCCCNC(=O)COC.CCCSSCCC(=O)CCCNC(=O)COC.COC(C)C.COC(C)C.COCC(=O)OC. The maximum atomic E-state index is 11.5. The molecule has 2 N–H and O–H groups in total. The fraction of sp³-hybridized carbons (Fsp3) is 0.871. The van der Waals surface area contributed by atoms with Crippen molar-refractivity contribution in [2.45, 2.75) is 92.3 Å². The monoisotopic (exact) mass is 690 g/mol. The predicted molar refractivity (Wildman–Crippen MR) is 187 cm³/mol. The van der Waals surface area contributed by atoms with Crippen molar-refractivity contribution in [2.75, 3.05) is 87.1 Å². The van der Waals surface area contributed by atoms with Gasteiger partial charge in [0.15, 0.2) is 0 Å². The molecule has 0 aromatic carbocycles. The van der Waals surface area contributed by atoms with Crippen LogP contribution >= 0.6 is 21.6 Å². The van der Waals surface area contributed by atoms with Gasteiger partial charge < -0.3 is 39.1 Å². The zero-order valence-electron chi connectivity index (χ0n) is 30.2. The van der Waals surface area contributed by atoms with Crippen molar-refractivity contribution in [3.8, 4) is 0 Å². The summed E-state index contributed by atoms with van der Waals surface area (Å²) in [6.07, 6.45) is 5.97. The molecule has 12 nitrogen and oxygen atoms in total. The Morgan fingerprint density at radius 3 is 1.36 bits per heavy atom. The van der Waals surface area contributed by atoms with Gasteiger partial charge in [0.25, 0.3) is 0 Å². The van der Waals surface area contributed by atoms with Crippen LogP contribution in [0.2, 0.25) is 0 Å². The Labute approximate surface area is 282 Å². The van der Waals surface area contributed by atoms with Crippen molar-refractivity contribution in [3.05, 3.63) is 0 Å². The number of methoxy groups -OCH3 is 6. The zero-order valence-corrected chi connectivity index (χ0v) is 31.9. The van der Waals surface area contributed by atoms with E-state index in [1.807, 2.05) is 38.5 Å². The molecule has 0 radical (unpaired) electrons. The molecule has 45 heavy (non-hydrogen) atoms. The topological polar surface area (TPSA) is 148 Å². The Morgan fingerprint density at radius 1 is 0.600 bits per heavy atom. The highest BCUT2D eigenvalue weighted by Gasteiger charge is 2.03. The molecule has 0 aliphatic rings. The van der Waals surface area contributed by atoms with Crippen LogP contribution in [-0.2, 0) is 47.6 Å². The summed E-state index contributed by atoms with van der Waals surface area (Å²) >= 11 is 0. The molecule has 0 aliphatic carbocycles. The Balaban J connectivity index is -0.000000166. The maximum absolute atomic E-state index is 11.5. The van der Waals surface area contributed by atoms with Crippen molar-refractivity contribution < 1.29 is 47.6 Å². The quantitative estimate of drug-likeness (QED) is 0.0976. The molecular weight excluding hydrogens is 624 g/mol. The number of rotatable bonds is 21. The first-order chi connectivity index (χ1) is 21.4. The van der Waals surface area contributed by atoms with E-state index in [4.69, 9.17) is 9.47 Å². The van der Waals surface area contributed by atoms with Gasteiger partial charge in [-0.2, -0.15) is 0 Å². The summed E-state index contributed by atoms with van der Waals surface area (Å²) in [7, 11) is 12.8. The highest BCUT2D eigenvalue weighted by molar-refractivity contribution is 8.76. The van der Waals surface area contributed by atoms with Crippen LogP contribution in [0.15, 0.2) is 0 Å². The lowest BCUT2D eigenvalue weighted by molar-refractivity contribution is -0.144. The summed E-state index contributed by atoms with van der Waals surface area (Å²) in [6, 6.07) is 0. The molecule has 0 heterocycles. The molecule has 0 rings (SSSR count). The van der Waals surface area contributed by atoms with Crippen LogP contribution in [0.4, 0.5) is 0 Å². The first kappa shape index (κ1) is 53.1. The second kappa shape index (κ2) is 47.0. The van der Waals surface area contributed by atoms with E-state index in [0.29, 0.717) is 38.0 Å². The van der Waals surface area contributed by atoms with Gasteiger partial charge in [0.05, 0.1) is 19.3 Å². The van der Waals surface area contributed by atoms with Crippen LogP contribution in [0.5, 0.6) is 0 Å². The molecule has 0 fully saturated rings. The van der Waals surface area contributed by atoms with Gasteiger partial charge in [0.1, 0.15) is 25.6 Å². The van der Waals surface area contributed by atoms with Gasteiger partial charge in [-0.3, -0.25) is 14.4 Å². The average molecular weight is 691 g/mol.